The Morgan fingerprint density at radius 2 is 1.94 bits per heavy atom. The number of nitrogens with two attached hydrogens (primary N) is 1. The van der Waals surface area contributed by atoms with E-state index in [9.17, 15) is 9.59 Å². The summed E-state index contributed by atoms with van der Waals surface area (Å²) in [5.41, 5.74) is 5.30. The number of nitrogens with one attached hydrogen (secondary N) is 1. The Morgan fingerprint density at radius 1 is 1.38 bits per heavy atom. The van der Waals surface area contributed by atoms with E-state index in [1.165, 1.54) is 11.8 Å². The van der Waals surface area contributed by atoms with Crippen molar-refractivity contribution < 1.29 is 14.7 Å². The Kier molecular flexibility index (Phi) is 8.01. The quantitative estimate of drug-likeness (QED) is 0.579. The first-order valence-electron chi connectivity index (χ1n) is 5.36. The summed E-state index contributed by atoms with van der Waals surface area (Å²) in [6.45, 7) is 4.03. The van der Waals surface area contributed by atoms with E-state index in [2.05, 4.69) is 5.32 Å². The van der Waals surface area contributed by atoms with Crippen LogP contribution >= 0.6 is 11.8 Å². The number of amides is 1. The van der Waals surface area contributed by atoms with Gasteiger partial charge in [-0.05, 0) is 12.8 Å². The zero-order valence-corrected chi connectivity index (χ0v) is 10.5. The molecule has 16 heavy (non-hydrogen) atoms. The highest BCUT2D eigenvalue weighted by atomic mass is 32.2. The number of hydrogen-bond acceptors (Lipinski definition) is 4. The van der Waals surface area contributed by atoms with Crippen LogP contribution in [0.15, 0.2) is 0 Å². The first-order chi connectivity index (χ1) is 7.51. The summed E-state index contributed by atoms with van der Waals surface area (Å²) in [6.07, 6.45) is 1.81. The van der Waals surface area contributed by atoms with Gasteiger partial charge in [-0.1, -0.05) is 13.8 Å². The molecule has 0 bridgehead atoms. The summed E-state index contributed by atoms with van der Waals surface area (Å²) < 4.78 is 0. The molecule has 5 nitrogen and oxygen atoms in total. The number of carbonyl (C=O) groups excluding carboxylic acids is 1. The third-order valence-corrected chi connectivity index (χ3v) is 3.26. The lowest BCUT2D eigenvalue weighted by Crippen LogP contribution is -2.36. The van der Waals surface area contributed by atoms with Crippen molar-refractivity contribution >= 4 is 23.6 Å². The van der Waals surface area contributed by atoms with Gasteiger partial charge >= 0.3 is 5.97 Å². The van der Waals surface area contributed by atoms with E-state index >= 15 is 0 Å². The van der Waals surface area contributed by atoms with Gasteiger partial charge in [-0.2, -0.15) is 0 Å². The van der Waals surface area contributed by atoms with Crippen LogP contribution in [0.25, 0.3) is 0 Å². The average Bonchev–Trinajstić information content (AvgIpc) is 2.25. The maximum Gasteiger partial charge on any atom is 0.321 e. The Labute approximate surface area is 100 Å². The molecule has 94 valence electrons. The molecule has 0 aliphatic carbocycles. The van der Waals surface area contributed by atoms with Crippen molar-refractivity contribution in [2.75, 3.05) is 11.5 Å². The van der Waals surface area contributed by atoms with Crippen LogP contribution in [-0.2, 0) is 9.59 Å². The summed E-state index contributed by atoms with van der Waals surface area (Å²) in [5, 5.41) is 11.4. The minimum Gasteiger partial charge on any atom is -0.480 e. The van der Waals surface area contributed by atoms with Gasteiger partial charge in [-0.3, -0.25) is 9.59 Å². The van der Waals surface area contributed by atoms with E-state index in [-0.39, 0.29) is 23.5 Å². The molecule has 1 amide bonds. The van der Waals surface area contributed by atoms with Gasteiger partial charge in [0, 0.05) is 11.8 Å². The van der Waals surface area contributed by atoms with Crippen LogP contribution in [0.5, 0.6) is 0 Å². The van der Waals surface area contributed by atoms with Crippen molar-refractivity contribution in [3.05, 3.63) is 0 Å². The van der Waals surface area contributed by atoms with Gasteiger partial charge in [0.15, 0.2) is 0 Å². The van der Waals surface area contributed by atoms with Gasteiger partial charge in [-0.15, -0.1) is 11.8 Å². The number of thioether (sulfide) groups is 1. The second-order valence-corrected chi connectivity index (χ2v) is 4.57. The lowest BCUT2D eigenvalue weighted by atomic mass is 10.2. The Hall–Kier alpha value is -0.750. The van der Waals surface area contributed by atoms with Gasteiger partial charge in [-0.25, -0.2) is 0 Å². The molecule has 0 aliphatic rings. The van der Waals surface area contributed by atoms with E-state index in [1.54, 1.807) is 0 Å². The molecule has 1 atom stereocenters. The third kappa shape index (κ3) is 6.68. The van der Waals surface area contributed by atoms with Crippen molar-refractivity contribution in [3.8, 4) is 0 Å². The minimum atomic E-state index is -1.03. The van der Waals surface area contributed by atoms with Crippen LogP contribution in [0.4, 0.5) is 0 Å². The first kappa shape index (κ1) is 15.2. The van der Waals surface area contributed by atoms with Crippen molar-refractivity contribution in [2.24, 2.45) is 5.73 Å². The molecule has 6 heteroatoms. The molecule has 0 unspecified atom stereocenters. The normalized spacial score (nSPS) is 12.5. The average molecular weight is 248 g/mol. The van der Waals surface area contributed by atoms with Gasteiger partial charge in [0.2, 0.25) is 5.91 Å². The van der Waals surface area contributed by atoms with Gasteiger partial charge in [0.05, 0.1) is 5.75 Å². The van der Waals surface area contributed by atoms with Crippen LogP contribution in [0.1, 0.15) is 26.7 Å². The van der Waals surface area contributed by atoms with Crippen LogP contribution in [0.3, 0.4) is 0 Å². The standard InChI is InChI=1S/C10H20N2O3S/c1-3-7(4-2)12-9(13)6-16-5-8(11)10(14)15/h7-8H,3-6,11H2,1-2H3,(H,12,13)(H,14,15)/t8-/m1/s1. The molecule has 0 spiro atoms. The fourth-order valence-electron chi connectivity index (χ4n) is 1.11. The van der Waals surface area contributed by atoms with E-state index in [4.69, 9.17) is 10.8 Å². The highest BCUT2D eigenvalue weighted by Crippen LogP contribution is 2.03. The Balaban J connectivity index is 3.69. The zero-order valence-electron chi connectivity index (χ0n) is 9.73. The molecule has 0 aromatic rings. The number of aliphatic carboxylic acids is 1. The largest absolute Gasteiger partial charge is 0.480 e. The fourth-order valence-corrected chi connectivity index (χ4v) is 1.90. The maximum absolute atomic E-state index is 11.4. The first-order valence-corrected chi connectivity index (χ1v) is 6.52. The van der Waals surface area contributed by atoms with E-state index in [0.29, 0.717) is 0 Å². The molecule has 0 aliphatic heterocycles. The van der Waals surface area contributed by atoms with Crippen LogP contribution in [-0.4, -0.2) is 40.6 Å². The Morgan fingerprint density at radius 3 is 2.38 bits per heavy atom. The van der Waals surface area contributed by atoms with Crippen molar-refractivity contribution in [1.29, 1.82) is 0 Å². The highest BCUT2D eigenvalue weighted by Gasteiger charge is 2.13. The summed E-state index contributed by atoms with van der Waals surface area (Å²) in [7, 11) is 0. The number of rotatable bonds is 8. The molecule has 0 saturated heterocycles. The number of carboxylic acid groups (broad SMARTS) is 1. The molecular formula is C10H20N2O3S. The summed E-state index contributed by atoms with van der Waals surface area (Å²) >= 11 is 1.24. The van der Waals surface area contributed by atoms with Crippen molar-refractivity contribution in [1.82, 2.24) is 5.32 Å². The molecule has 0 rings (SSSR count). The zero-order chi connectivity index (χ0) is 12.6. The molecule has 0 radical (unpaired) electrons. The maximum atomic E-state index is 11.4. The molecule has 0 heterocycles. The smallest absolute Gasteiger partial charge is 0.321 e. The van der Waals surface area contributed by atoms with E-state index in [0.717, 1.165) is 12.8 Å². The predicted octanol–water partition coefficient (Wildman–Crippen LogP) is 0.436. The molecule has 4 N–H and O–H groups in total. The van der Waals surface area contributed by atoms with Crippen LogP contribution in [0.2, 0.25) is 0 Å². The third-order valence-electron chi connectivity index (χ3n) is 2.20. The second kappa shape index (κ2) is 8.41. The topological polar surface area (TPSA) is 92.4 Å². The minimum absolute atomic E-state index is 0.0590. The fraction of sp³-hybridized carbons (Fsp3) is 0.800. The second-order valence-electron chi connectivity index (χ2n) is 3.54. The van der Waals surface area contributed by atoms with Gasteiger partial charge in [0.25, 0.3) is 0 Å². The van der Waals surface area contributed by atoms with E-state index in [1.807, 2.05) is 13.8 Å². The van der Waals surface area contributed by atoms with Crippen molar-refractivity contribution in [3.63, 3.8) is 0 Å². The number of hydrogen-bond donors (Lipinski definition) is 3. The molecule has 0 aromatic heterocycles. The lowest BCUT2D eigenvalue weighted by molar-refractivity contribution is -0.138. The molecular weight excluding hydrogens is 228 g/mol. The molecule has 0 saturated carbocycles. The Bertz CT molecular complexity index is 232. The van der Waals surface area contributed by atoms with Crippen molar-refractivity contribution in [2.45, 2.75) is 38.8 Å². The lowest BCUT2D eigenvalue weighted by Gasteiger charge is -2.14. The van der Waals surface area contributed by atoms with E-state index < -0.39 is 12.0 Å². The highest BCUT2D eigenvalue weighted by molar-refractivity contribution is 8.00. The van der Waals surface area contributed by atoms with Gasteiger partial charge in [0.1, 0.15) is 6.04 Å². The summed E-state index contributed by atoms with van der Waals surface area (Å²) in [5.74, 6) is -0.576. The molecule has 0 aromatic carbocycles. The SMILES string of the molecule is CCC(CC)NC(=O)CSC[C@@H](N)C(=O)O. The molecule has 0 fully saturated rings. The predicted molar refractivity (Wildman–Crippen MR) is 65.4 cm³/mol. The summed E-state index contributed by atoms with van der Waals surface area (Å²) in [4.78, 5) is 21.8. The monoisotopic (exact) mass is 248 g/mol. The summed E-state index contributed by atoms with van der Waals surface area (Å²) in [6, 6.07) is -0.688. The van der Waals surface area contributed by atoms with Crippen LogP contribution < -0.4 is 11.1 Å². The number of carboxylic acids is 1. The van der Waals surface area contributed by atoms with Crippen LogP contribution in [0, 0.1) is 0 Å². The van der Waals surface area contributed by atoms with Gasteiger partial charge < -0.3 is 16.2 Å². The number of carbonyl (C=O) groups is 2.